The molecule has 0 aliphatic heterocycles. The largest absolute Gasteiger partial charge is 0.352 e. The van der Waals surface area contributed by atoms with Crippen LogP contribution < -0.4 is 10.6 Å². The Morgan fingerprint density at radius 2 is 1.61 bits per heavy atom. The Kier molecular flexibility index (Phi) is 5.84. The van der Waals surface area contributed by atoms with Crippen LogP contribution in [-0.4, -0.2) is 27.0 Å². The molecule has 154 valence electrons. The number of amides is 2. The number of nitrogens with one attached hydrogen (secondary N) is 3. The summed E-state index contributed by atoms with van der Waals surface area (Å²) >= 11 is 0. The standard InChI is InChI=1S/C24H21N5O2/c1-16(30)25-15-17-11-13-19(14-12-17)24(31)26-21-10-6-5-9-20(21)23-27-22(28-29-23)18-7-3-2-4-8-18/h2-14H,15H2,1H3,(H,25,30)(H,26,31)(H,27,28,29). The molecule has 0 unspecified atom stereocenters. The second kappa shape index (κ2) is 9.04. The Bertz CT molecular complexity index is 1200. The van der Waals surface area contributed by atoms with Crippen LogP contribution in [0.25, 0.3) is 22.8 Å². The summed E-state index contributed by atoms with van der Waals surface area (Å²) in [6.07, 6.45) is 0. The lowest BCUT2D eigenvalue weighted by Crippen LogP contribution is -2.19. The maximum absolute atomic E-state index is 12.8. The number of hydrogen-bond acceptors (Lipinski definition) is 4. The second-order valence-electron chi connectivity index (χ2n) is 6.98. The summed E-state index contributed by atoms with van der Waals surface area (Å²) in [4.78, 5) is 28.4. The fourth-order valence-corrected chi connectivity index (χ4v) is 3.09. The van der Waals surface area contributed by atoms with Crippen molar-refractivity contribution in [2.75, 3.05) is 5.32 Å². The molecule has 4 aromatic rings. The number of anilines is 1. The molecule has 4 rings (SSSR count). The Morgan fingerprint density at radius 3 is 2.35 bits per heavy atom. The van der Waals surface area contributed by atoms with Crippen LogP contribution >= 0.6 is 0 Å². The van der Waals surface area contributed by atoms with Crippen molar-refractivity contribution in [2.24, 2.45) is 0 Å². The van der Waals surface area contributed by atoms with Crippen molar-refractivity contribution in [3.8, 4) is 22.8 Å². The van der Waals surface area contributed by atoms with Gasteiger partial charge < -0.3 is 10.6 Å². The van der Waals surface area contributed by atoms with Gasteiger partial charge in [-0.3, -0.25) is 14.7 Å². The van der Waals surface area contributed by atoms with Crippen molar-refractivity contribution in [3.63, 3.8) is 0 Å². The van der Waals surface area contributed by atoms with E-state index in [9.17, 15) is 9.59 Å². The third-order valence-corrected chi connectivity index (χ3v) is 4.71. The number of carbonyl (C=O) groups is 2. The van der Waals surface area contributed by atoms with Gasteiger partial charge in [-0.15, -0.1) is 0 Å². The highest BCUT2D eigenvalue weighted by Gasteiger charge is 2.14. The lowest BCUT2D eigenvalue weighted by Gasteiger charge is -2.10. The van der Waals surface area contributed by atoms with Crippen LogP contribution in [0.1, 0.15) is 22.8 Å². The lowest BCUT2D eigenvalue weighted by atomic mass is 10.1. The SMILES string of the molecule is CC(=O)NCc1ccc(C(=O)Nc2ccccc2-c2nc(-c3ccccc3)n[nH]2)cc1. The predicted octanol–water partition coefficient (Wildman–Crippen LogP) is 4.03. The highest BCUT2D eigenvalue weighted by Crippen LogP contribution is 2.27. The number of benzene rings is 3. The Balaban J connectivity index is 1.52. The first kappa shape index (κ1) is 20.0. The summed E-state index contributed by atoms with van der Waals surface area (Å²) in [5.74, 6) is 0.828. The summed E-state index contributed by atoms with van der Waals surface area (Å²) in [7, 11) is 0. The maximum atomic E-state index is 12.8. The first-order chi connectivity index (χ1) is 15.1. The monoisotopic (exact) mass is 411 g/mol. The van der Waals surface area contributed by atoms with Gasteiger partial charge >= 0.3 is 0 Å². The van der Waals surface area contributed by atoms with Crippen molar-refractivity contribution in [2.45, 2.75) is 13.5 Å². The molecule has 1 aromatic heterocycles. The van der Waals surface area contributed by atoms with Gasteiger partial charge in [0.2, 0.25) is 5.91 Å². The number of rotatable bonds is 6. The van der Waals surface area contributed by atoms with Crippen molar-refractivity contribution in [1.82, 2.24) is 20.5 Å². The number of aromatic nitrogens is 3. The molecule has 31 heavy (non-hydrogen) atoms. The summed E-state index contributed by atoms with van der Waals surface area (Å²) in [5.41, 5.74) is 3.72. The molecule has 0 aliphatic carbocycles. The summed E-state index contributed by atoms with van der Waals surface area (Å²) in [6.45, 7) is 1.89. The van der Waals surface area contributed by atoms with E-state index in [1.807, 2.05) is 66.7 Å². The molecular weight excluding hydrogens is 390 g/mol. The topological polar surface area (TPSA) is 99.8 Å². The van der Waals surface area contributed by atoms with Gasteiger partial charge in [0.1, 0.15) is 0 Å². The average Bonchev–Trinajstić information content (AvgIpc) is 3.29. The zero-order valence-corrected chi connectivity index (χ0v) is 16.9. The van der Waals surface area contributed by atoms with Crippen molar-refractivity contribution >= 4 is 17.5 Å². The van der Waals surface area contributed by atoms with Gasteiger partial charge in [0.05, 0.1) is 5.69 Å². The fraction of sp³-hybridized carbons (Fsp3) is 0.0833. The zero-order valence-electron chi connectivity index (χ0n) is 16.9. The van der Waals surface area contributed by atoms with E-state index in [1.54, 1.807) is 12.1 Å². The highest BCUT2D eigenvalue weighted by molar-refractivity contribution is 6.06. The lowest BCUT2D eigenvalue weighted by molar-refractivity contribution is -0.119. The number of para-hydroxylation sites is 1. The predicted molar refractivity (Wildman–Crippen MR) is 119 cm³/mol. The third kappa shape index (κ3) is 4.84. The van der Waals surface area contributed by atoms with E-state index in [2.05, 4.69) is 25.8 Å². The molecule has 3 N–H and O–H groups in total. The first-order valence-electron chi connectivity index (χ1n) is 9.82. The molecule has 2 amide bonds. The zero-order chi connectivity index (χ0) is 21.6. The highest BCUT2D eigenvalue weighted by atomic mass is 16.2. The Morgan fingerprint density at radius 1 is 0.903 bits per heavy atom. The van der Waals surface area contributed by atoms with Crippen LogP contribution in [0.4, 0.5) is 5.69 Å². The molecular formula is C24H21N5O2. The van der Waals surface area contributed by atoms with Crippen LogP contribution in [0, 0.1) is 0 Å². The normalized spacial score (nSPS) is 10.5. The smallest absolute Gasteiger partial charge is 0.255 e. The summed E-state index contributed by atoms with van der Waals surface area (Å²) < 4.78 is 0. The van der Waals surface area contributed by atoms with E-state index >= 15 is 0 Å². The molecule has 7 heteroatoms. The molecule has 0 bridgehead atoms. The summed E-state index contributed by atoms with van der Waals surface area (Å²) in [6, 6.07) is 24.2. The van der Waals surface area contributed by atoms with Gasteiger partial charge in [-0.05, 0) is 29.8 Å². The molecule has 0 saturated heterocycles. The van der Waals surface area contributed by atoms with Gasteiger partial charge in [0.25, 0.3) is 5.91 Å². The summed E-state index contributed by atoms with van der Waals surface area (Å²) in [5, 5.41) is 12.9. The first-order valence-corrected chi connectivity index (χ1v) is 9.82. The third-order valence-electron chi connectivity index (χ3n) is 4.71. The van der Waals surface area contributed by atoms with Crippen LogP contribution in [0.3, 0.4) is 0 Å². The molecule has 0 atom stereocenters. The van der Waals surface area contributed by atoms with Crippen LogP contribution in [-0.2, 0) is 11.3 Å². The van der Waals surface area contributed by atoms with Crippen molar-refractivity contribution in [3.05, 3.63) is 90.0 Å². The van der Waals surface area contributed by atoms with Gasteiger partial charge in [-0.25, -0.2) is 4.98 Å². The average molecular weight is 411 g/mol. The molecule has 7 nitrogen and oxygen atoms in total. The van der Waals surface area contributed by atoms with Gasteiger partial charge in [-0.1, -0.05) is 54.6 Å². The molecule has 0 radical (unpaired) electrons. The van der Waals surface area contributed by atoms with E-state index in [0.29, 0.717) is 29.4 Å². The quantitative estimate of drug-likeness (QED) is 0.446. The molecule has 0 saturated carbocycles. The van der Waals surface area contributed by atoms with Crippen LogP contribution in [0.2, 0.25) is 0 Å². The number of hydrogen-bond donors (Lipinski definition) is 3. The maximum Gasteiger partial charge on any atom is 0.255 e. The van der Waals surface area contributed by atoms with Gasteiger partial charge in [0.15, 0.2) is 11.6 Å². The van der Waals surface area contributed by atoms with E-state index in [-0.39, 0.29) is 11.8 Å². The molecule has 1 heterocycles. The molecule has 0 fully saturated rings. The van der Waals surface area contributed by atoms with Gasteiger partial charge in [0, 0.05) is 30.2 Å². The molecule has 0 spiro atoms. The fourth-order valence-electron chi connectivity index (χ4n) is 3.09. The number of aromatic amines is 1. The van der Waals surface area contributed by atoms with Crippen LogP contribution in [0.15, 0.2) is 78.9 Å². The number of H-pyrrole nitrogens is 1. The van der Waals surface area contributed by atoms with Crippen molar-refractivity contribution in [1.29, 1.82) is 0 Å². The molecule has 0 aliphatic rings. The van der Waals surface area contributed by atoms with E-state index in [4.69, 9.17) is 0 Å². The number of nitrogens with zero attached hydrogens (tertiary/aromatic N) is 2. The second-order valence-corrected chi connectivity index (χ2v) is 6.98. The Labute approximate surface area is 179 Å². The molecule has 3 aromatic carbocycles. The minimum Gasteiger partial charge on any atom is -0.352 e. The van der Waals surface area contributed by atoms with Crippen molar-refractivity contribution < 1.29 is 9.59 Å². The minimum atomic E-state index is -0.235. The number of carbonyl (C=O) groups excluding carboxylic acids is 2. The van der Waals surface area contributed by atoms with E-state index in [0.717, 1.165) is 16.7 Å². The van der Waals surface area contributed by atoms with E-state index < -0.39 is 0 Å². The van der Waals surface area contributed by atoms with Gasteiger partial charge in [-0.2, -0.15) is 5.10 Å². The minimum absolute atomic E-state index is 0.0961. The Hall–Kier alpha value is -4.26. The van der Waals surface area contributed by atoms with E-state index in [1.165, 1.54) is 6.92 Å². The van der Waals surface area contributed by atoms with Crippen LogP contribution in [0.5, 0.6) is 0 Å².